The Bertz CT molecular complexity index is 1240. The van der Waals surface area contributed by atoms with Crippen LogP contribution < -0.4 is 10.2 Å². The summed E-state index contributed by atoms with van der Waals surface area (Å²) in [5.41, 5.74) is -0.344. The Kier molecular flexibility index (Phi) is 14.3. The minimum atomic E-state index is -0.722. The molecule has 3 N–H and O–H groups in total. The maximum Gasteiger partial charge on any atom is 0.325 e. The number of ether oxygens (including phenoxy) is 1. The van der Waals surface area contributed by atoms with Gasteiger partial charge in [-0.1, -0.05) is 11.6 Å². The van der Waals surface area contributed by atoms with Crippen LogP contribution in [0.15, 0.2) is 18.2 Å². The molecule has 11 heteroatoms. The molecule has 0 atom stereocenters. The van der Waals surface area contributed by atoms with Crippen LogP contribution in [0.5, 0.6) is 0 Å². The molecule has 0 aromatic heterocycles. The lowest BCUT2D eigenvalue weighted by atomic mass is 9.82. The minimum Gasteiger partial charge on any atom is -0.468 e. The largest absolute Gasteiger partial charge is 0.468 e. The lowest BCUT2D eigenvalue weighted by molar-refractivity contribution is -0.147. The van der Waals surface area contributed by atoms with Gasteiger partial charge in [-0.25, -0.2) is 0 Å². The number of aliphatic hydroxyl groups excluding tert-OH is 2. The molecule has 1 heterocycles. The van der Waals surface area contributed by atoms with E-state index in [1.54, 1.807) is 23.1 Å². The third-order valence-corrected chi connectivity index (χ3v) is 10.6. The molecule has 3 fully saturated rings. The molecule has 3 aliphatic rings. The summed E-state index contributed by atoms with van der Waals surface area (Å²) >= 11 is 11.9. The number of halogens is 1. The van der Waals surface area contributed by atoms with Gasteiger partial charge in [-0.15, -0.1) is 0 Å². The van der Waals surface area contributed by atoms with Gasteiger partial charge in [0.25, 0.3) is 5.91 Å². The lowest BCUT2D eigenvalue weighted by Crippen LogP contribution is -2.52. The van der Waals surface area contributed by atoms with Crippen molar-refractivity contribution in [1.82, 2.24) is 10.2 Å². The van der Waals surface area contributed by atoms with Crippen LogP contribution in [0.1, 0.15) is 110 Å². The molecule has 2 saturated carbocycles. The van der Waals surface area contributed by atoms with Gasteiger partial charge in [-0.2, -0.15) is 5.26 Å². The fourth-order valence-electron chi connectivity index (χ4n) is 7.26. The number of nitriles is 1. The Labute approximate surface area is 285 Å². The number of anilines is 1. The number of carbonyl (C=O) groups excluding carboxylic acids is 2. The van der Waals surface area contributed by atoms with Crippen molar-refractivity contribution >= 4 is 46.5 Å². The molecule has 4 rings (SSSR count). The van der Waals surface area contributed by atoms with E-state index in [4.69, 9.17) is 44.0 Å². The molecule has 256 valence electrons. The molecule has 46 heavy (non-hydrogen) atoms. The Balaban J connectivity index is 0.000000277. The average Bonchev–Trinajstić information content (AvgIpc) is 3.21. The second kappa shape index (κ2) is 17.2. The molecule has 1 aliphatic heterocycles. The zero-order valence-corrected chi connectivity index (χ0v) is 29.8. The quantitative estimate of drug-likeness (QED) is 0.188. The Morgan fingerprint density at radius 1 is 1.07 bits per heavy atom. The number of benzene rings is 1. The van der Waals surface area contributed by atoms with Crippen LogP contribution >= 0.6 is 23.8 Å². The highest BCUT2D eigenvalue weighted by Gasteiger charge is 2.52. The molecule has 1 aromatic rings. The third kappa shape index (κ3) is 9.41. The molecule has 0 unspecified atom stereocenters. The molecule has 2 aliphatic carbocycles. The van der Waals surface area contributed by atoms with E-state index in [9.17, 15) is 9.59 Å². The molecule has 0 radical (unpaired) electrons. The van der Waals surface area contributed by atoms with E-state index in [0.717, 1.165) is 70.1 Å². The molecular weight excluding hydrogens is 624 g/mol. The smallest absolute Gasteiger partial charge is 0.325 e. The van der Waals surface area contributed by atoms with Gasteiger partial charge < -0.3 is 19.8 Å². The van der Waals surface area contributed by atoms with Gasteiger partial charge in [0.05, 0.1) is 23.4 Å². The standard InChI is InChI=1S/C21H26ClN3O2S.C14H27NO3/c1-21(2)19(27)24(17-10-7-15(13-23)18(22)12-17)20(28)25(21)16-8-5-14(6-9-16)4-3-11-26;1-14(2,13(17)18-3)15-12-8-6-11(7-9-12)5-4-10-16/h7,10,12,14,16,26H,3-6,8-9,11H2,1-2H3;11-12,15-16H,4-10H2,1-3H3/t14-,16-;11-,12-. The van der Waals surface area contributed by atoms with Gasteiger partial charge in [-0.3, -0.25) is 19.8 Å². The Morgan fingerprint density at radius 2 is 1.61 bits per heavy atom. The maximum atomic E-state index is 13.2. The van der Waals surface area contributed by atoms with E-state index in [1.807, 2.05) is 33.8 Å². The highest BCUT2D eigenvalue weighted by atomic mass is 35.5. The van der Waals surface area contributed by atoms with Crippen LogP contribution in [0.4, 0.5) is 5.69 Å². The average molecular weight is 677 g/mol. The van der Waals surface area contributed by atoms with Crippen LogP contribution in [0, 0.1) is 23.2 Å². The minimum absolute atomic E-state index is 0.0688. The fourth-order valence-corrected chi connectivity index (χ4v) is 8.04. The summed E-state index contributed by atoms with van der Waals surface area (Å²) in [5, 5.41) is 31.2. The monoisotopic (exact) mass is 676 g/mol. The number of hydrogen-bond donors (Lipinski definition) is 3. The van der Waals surface area contributed by atoms with E-state index in [1.165, 1.54) is 20.0 Å². The zero-order chi connectivity index (χ0) is 34.1. The lowest BCUT2D eigenvalue weighted by Gasteiger charge is -2.41. The predicted octanol–water partition coefficient (Wildman–Crippen LogP) is 6.11. The Morgan fingerprint density at radius 3 is 2.09 bits per heavy atom. The number of amides is 1. The van der Waals surface area contributed by atoms with Crippen molar-refractivity contribution < 1.29 is 24.5 Å². The van der Waals surface area contributed by atoms with Crippen molar-refractivity contribution in [1.29, 1.82) is 5.26 Å². The molecular formula is C35H53ClN4O5S. The number of methoxy groups -OCH3 is 1. The number of aliphatic hydroxyl groups is 2. The predicted molar refractivity (Wildman–Crippen MR) is 186 cm³/mol. The molecule has 1 saturated heterocycles. The van der Waals surface area contributed by atoms with Gasteiger partial charge in [0.15, 0.2) is 5.11 Å². The SMILES string of the molecule is CC1(C)C(=O)N(c2ccc(C#N)c(Cl)c2)C(=S)N1[C@H]1CC[C@H](CCCO)CC1.COC(=O)C(C)(C)N[C@H]1CC[C@H](CCCO)CC1. The van der Waals surface area contributed by atoms with E-state index >= 15 is 0 Å². The van der Waals surface area contributed by atoms with Crippen molar-refractivity contribution in [3.8, 4) is 6.07 Å². The molecule has 0 bridgehead atoms. The van der Waals surface area contributed by atoms with Crippen molar-refractivity contribution in [2.45, 2.75) is 128 Å². The zero-order valence-electron chi connectivity index (χ0n) is 28.2. The second-order valence-electron chi connectivity index (χ2n) is 14.0. The number of thiocarbonyl (C=S) groups is 1. The summed E-state index contributed by atoms with van der Waals surface area (Å²) in [6.45, 7) is 8.14. The summed E-state index contributed by atoms with van der Waals surface area (Å²) < 4.78 is 4.80. The van der Waals surface area contributed by atoms with Gasteiger partial charge in [0.1, 0.15) is 17.1 Å². The Hall–Kier alpha value is -2.29. The first-order valence-corrected chi connectivity index (χ1v) is 17.5. The maximum absolute atomic E-state index is 13.2. The van der Waals surface area contributed by atoms with Crippen LogP contribution in [-0.2, 0) is 14.3 Å². The normalized spacial score (nSPS) is 24.7. The number of nitrogens with zero attached hydrogens (tertiary/aromatic N) is 3. The van der Waals surface area contributed by atoms with E-state index in [0.29, 0.717) is 40.0 Å². The van der Waals surface area contributed by atoms with Crippen LogP contribution in [-0.4, -0.2) is 75.6 Å². The number of rotatable bonds is 11. The molecule has 0 spiro atoms. The second-order valence-corrected chi connectivity index (χ2v) is 14.8. The highest BCUT2D eigenvalue weighted by Crippen LogP contribution is 2.40. The van der Waals surface area contributed by atoms with Gasteiger partial charge in [0, 0.05) is 25.3 Å². The van der Waals surface area contributed by atoms with Crippen LogP contribution in [0.2, 0.25) is 5.02 Å². The first kappa shape index (κ1) is 38.2. The summed E-state index contributed by atoms with van der Waals surface area (Å²) in [7, 11) is 1.43. The van der Waals surface area contributed by atoms with Gasteiger partial charge >= 0.3 is 5.97 Å². The van der Waals surface area contributed by atoms with Crippen molar-refractivity contribution in [2.75, 3.05) is 25.2 Å². The van der Waals surface area contributed by atoms with Crippen LogP contribution in [0.25, 0.3) is 0 Å². The van der Waals surface area contributed by atoms with E-state index in [2.05, 4.69) is 10.2 Å². The first-order valence-electron chi connectivity index (χ1n) is 16.8. The summed E-state index contributed by atoms with van der Waals surface area (Å²) in [4.78, 5) is 28.5. The van der Waals surface area contributed by atoms with Crippen molar-refractivity contribution in [3.63, 3.8) is 0 Å². The van der Waals surface area contributed by atoms with E-state index < -0.39 is 11.1 Å². The number of nitrogens with one attached hydrogen (secondary N) is 1. The van der Waals surface area contributed by atoms with Crippen molar-refractivity contribution in [2.24, 2.45) is 11.8 Å². The molecule has 1 amide bonds. The summed E-state index contributed by atoms with van der Waals surface area (Å²) in [6, 6.07) is 7.65. The highest BCUT2D eigenvalue weighted by molar-refractivity contribution is 7.80. The number of hydrogen-bond acceptors (Lipinski definition) is 8. The van der Waals surface area contributed by atoms with Gasteiger partial charge in [0.2, 0.25) is 0 Å². The number of carbonyl (C=O) groups is 2. The summed E-state index contributed by atoms with van der Waals surface area (Å²) in [5.74, 6) is 1.12. The van der Waals surface area contributed by atoms with Crippen LogP contribution in [0.3, 0.4) is 0 Å². The number of esters is 1. The third-order valence-electron chi connectivity index (χ3n) is 9.89. The molecule has 9 nitrogen and oxygen atoms in total. The first-order chi connectivity index (χ1) is 21.8. The van der Waals surface area contributed by atoms with E-state index in [-0.39, 0.29) is 24.5 Å². The fraction of sp³-hybridized carbons (Fsp3) is 0.714. The van der Waals surface area contributed by atoms with Crippen molar-refractivity contribution in [3.05, 3.63) is 28.8 Å². The summed E-state index contributed by atoms with van der Waals surface area (Å²) in [6.07, 6.45) is 12.7. The molecule has 1 aromatic carbocycles. The van der Waals surface area contributed by atoms with Gasteiger partial charge in [-0.05, 0) is 147 Å². The topological polar surface area (TPSA) is 126 Å².